The standard InChI is InChI=1S/C9H9IO3/c1-2-13-8-4-7(10)3-6(5-11)9(8)12/h3-5,12H,2H2,1H3. The SMILES string of the molecule is CCOc1cc(I)cc(C=O)c1O. The molecule has 0 saturated heterocycles. The number of hydrogen-bond donors (Lipinski definition) is 1. The van der Waals surface area contributed by atoms with E-state index in [9.17, 15) is 9.90 Å². The maximum absolute atomic E-state index is 10.5. The summed E-state index contributed by atoms with van der Waals surface area (Å²) in [5, 5.41) is 9.48. The fourth-order valence-corrected chi connectivity index (χ4v) is 1.57. The Bertz CT molecular complexity index is 323. The van der Waals surface area contributed by atoms with E-state index in [-0.39, 0.29) is 11.3 Å². The number of carbonyl (C=O) groups is 1. The van der Waals surface area contributed by atoms with Crippen molar-refractivity contribution in [3.05, 3.63) is 21.3 Å². The van der Waals surface area contributed by atoms with E-state index in [1.807, 2.05) is 6.92 Å². The number of halogens is 1. The van der Waals surface area contributed by atoms with E-state index in [4.69, 9.17) is 4.74 Å². The third-order valence-electron chi connectivity index (χ3n) is 1.50. The van der Waals surface area contributed by atoms with E-state index in [0.717, 1.165) is 3.57 Å². The van der Waals surface area contributed by atoms with Crippen LogP contribution in [0.5, 0.6) is 11.5 Å². The maximum Gasteiger partial charge on any atom is 0.168 e. The molecular formula is C9H9IO3. The average Bonchev–Trinajstić information content (AvgIpc) is 2.11. The van der Waals surface area contributed by atoms with Crippen LogP contribution in [0.25, 0.3) is 0 Å². The molecule has 0 radical (unpaired) electrons. The van der Waals surface area contributed by atoms with Crippen LogP contribution in [0.2, 0.25) is 0 Å². The molecule has 70 valence electrons. The first-order valence-corrected chi connectivity index (χ1v) is 4.87. The molecule has 0 atom stereocenters. The third-order valence-corrected chi connectivity index (χ3v) is 2.12. The molecule has 1 rings (SSSR count). The largest absolute Gasteiger partial charge is 0.504 e. The lowest BCUT2D eigenvalue weighted by Gasteiger charge is -2.07. The highest BCUT2D eigenvalue weighted by Gasteiger charge is 2.08. The van der Waals surface area contributed by atoms with Crippen molar-refractivity contribution in [2.75, 3.05) is 6.61 Å². The minimum Gasteiger partial charge on any atom is -0.504 e. The Balaban J connectivity index is 3.18. The van der Waals surface area contributed by atoms with Crippen LogP contribution in [0.15, 0.2) is 12.1 Å². The lowest BCUT2D eigenvalue weighted by Crippen LogP contribution is -1.94. The third kappa shape index (κ3) is 2.33. The van der Waals surface area contributed by atoms with Gasteiger partial charge in [0.2, 0.25) is 0 Å². The van der Waals surface area contributed by atoms with Gasteiger partial charge in [-0.1, -0.05) is 0 Å². The van der Waals surface area contributed by atoms with Gasteiger partial charge in [-0.25, -0.2) is 0 Å². The van der Waals surface area contributed by atoms with E-state index in [1.54, 1.807) is 12.1 Å². The number of phenols is 1. The minimum absolute atomic E-state index is 0.0859. The molecule has 0 aliphatic heterocycles. The minimum atomic E-state index is -0.0859. The molecule has 0 bridgehead atoms. The summed E-state index contributed by atoms with van der Waals surface area (Å²) in [5.41, 5.74) is 0.260. The number of aromatic hydroxyl groups is 1. The summed E-state index contributed by atoms with van der Waals surface area (Å²) in [6.07, 6.45) is 0.611. The van der Waals surface area contributed by atoms with Crippen molar-refractivity contribution in [1.29, 1.82) is 0 Å². The first kappa shape index (κ1) is 10.3. The molecule has 0 fully saturated rings. The zero-order valence-electron chi connectivity index (χ0n) is 7.08. The van der Waals surface area contributed by atoms with Crippen LogP contribution in [0.3, 0.4) is 0 Å². The summed E-state index contributed by atoms with van der Waals surface area (Å²) in [6.45, 7) is 2.28. The molecule has 1 aromatic carbocycles. The summed E-state index contributed by atoms with van der Waals surface area (Å²) >= 11 is 2.06. The smallest absolute Gasteiger partial charge is 0.168 e. The first-order chi connectivity index (χ1) is 6.19. The normalized spacial score (nSPS) is 9.69. The van der Waals surface area contributed by atoms with E-state index in [1.165, 1.54) is 0 Å². The van der Waals surface area contributed by atoms with Gasteiger partial charge in [0.1, 0.15) is 0 Å². The maximum atomic E-state index is 10.5. The second kappa shape index (κ2) is 4.45. The van der Waals surface area contributed by atoms with Gasteiger partial charge in [0.05, 0.1) is 12.2 Å². The number of ether oxygens (including phenoxy) is 1. The molecule has 0 amide bonds. The monoisotopic (exact) mass is 292 g/mol. The van der Waals surface area contributed by atoms with Crippen molar-refractivity contribution in [2.45, 2.75) is 6.92 Å². The van der Waals surface area contributed by atoms with Crippen LogP contribution < -0.4 is 4.74 Å². The van der Waals surface area contributed by atoms with Crippen molar-refractivity contribution >= 4 is 28.9 Å². The Morgan fingerprint density at radius 2 is 2.31 bits per heavy atom. The van der Waals surface area contributed by atoms with E-state index in [2.05, 4.69) is 22.6 Å². The van der Waals surface area contributed by atoms with Gasteiger partial charge in [0.25, 0.3) is 0 Å². The molecule has 13 heavy (non-hydrogen) atoms. The molecule has 3 nitrogen and oxygen atoms in total. The molecule has 0 aromatic heterocycles. The second-order valence-electron chi connectivity index (χ2n) is 2.39. The van der Waals surface area contributed by atoms with Gasteiger partial charge >= 0.3 is 0 Å². The van der Waals surface area contributed by atoms with Crippen molar-refractivity contribution in [3.63, 3.8) is 0 Å². The zero-order chi connectivity index (χ0) is 9.84. The summed E-state index contributed by atoms with van der Waals surface area (Å²) in [6, 6.07) is 3.29. The topological polar surface area (TPSA) is 46.5 Å². The van der Waals surface area contributed by atoms with Crippen LogP contribution in [0.1, 0.15) is 17.3 Å². The number of rotatable bonds is 3. The molecule has 1 N–H and O–H groups in total. The van der Waals surface area contributed by atoms with Gasteiger partial charge in [0, 0.05) is 3.57 Å². The zero-order valence-corrected chi connectivity index (χ0v) is 9.24. The number of benzene rings is 1. The van der Waals surface area contributed by atoms with E-state index < -0.39 is 0 Å². The summed E-state index contributed by atoms with van der Waals surface area (Å²) in [5.74, 6) is 0.272. The highest BCUT2D eigenvalue weighted by atomic mass is 127. The number of phenolic OH excluding ortho intramolecular Hbond substituents is 1. The van der Waals surface area contributed by atoms with Crippen molar-refractivity contribution in [2.24, 2.45) is 0 Å². The van der Waals surface area contributed by atoms with Crippen LogP contribution in [-0.4, -0.2) is 18.0 Å². The fourth-order valence-electron chi connectivity index (χ4n) is 0.950. The molecule has 0 unspecified atom stereocenters. The van der Waals surface area contributed by atoms with Crippen LogP contribution in [0.4, 0.5) is 0 Å². The van der Waals surface area contributed by atoms with Crippen LogP contribution in [0, 0.1) is 3.57 Å². The second-order valence-corrected chi connectivity index (χ2v) is 3.64. The molecule has 0 saturated carbocycles. The average molecular weight is 292 g/mol. The molecular weight excluding hydrogens is 283 g/mol. The Morgan fingerprint density at radius 3 is 2.85 bits per heavy atom. The van der Waals surface area contributed by atoms with Crippen molar-refractivity contribution in [3.8, 4) is 11.5 Å². The van der Waals surface area contributed by atoms with E-state index in [0.29, 0.717) is 18.6 Å². The van der Waals surface area contributed by atoms with Gasteiger partial charge in [-0.2, -0.15) is 0 Å². The first-order valence-electron chi connectivity index (χ1n) is 3.79. The summed E-state index contributed by atoms with van der Waals surface area (Å²) < 4.78 is 6.01. The predicted molar refractivity (Wildman–Crippen MR) is 57.4 cm³/mol. The Morgan fingerprint density at radius 1 is 1.62 bits per heavy atom. The number of carbonyl (C=O) groups excluding carboxylic acids is 1. The molecule has 1 aromatic rings. The number of aldehydes is 1. The van der Waals surface area contributed by atoms with Gasteiger partial charge in [-0.05, 0) is 41.6 Å². The van der Waals surface area contributed by atoms with Crippen LogP contribution in [-0.2, 0) is 0 Å². The van der Waals surface area contributed by atoms with Gasteiger partial charge in [-0.3, -0.25) is 4.79 Å². The number of hydrogen-bond acceptors (Lipinski definition) is 3. The van der Waals surface area contributed by atoms with Crippen molar-refractivity contribution in [1.82, 2.24) is 0 Å². The summed E-state index contributed by atoms with van der Waals surface area (Å²) in [7, 11) is 0. The lowest BCUT2D eigenvalue weighted by atomic mass is 10.2. The molecule has 4 heteroatoms. The predicted octanol–water partition coefficient (Wildman–Crippen LogP) is 2.21. The molecule has 0 aliphatic rings. The van der Waals surface area contributed by atoms with Gasteiger partial charge in [0.15, 0.2) is 17.8 Å². The Hall–Kier alpha value is -0.780. The summed E-state index contributed by atoms with van der Waals surface area (Å²) in [4.78, 5) is 10.5. The molecule has 0 aliphatic carbocycles. The fraction of sp³-hybridized carbons (Fsp3) is 0.222. The highest BCUT2D eigenvalue weighted by molar-refractivity contribution is 14.1. The van der Waals surface area contributed by atoms with Gasteiger partial charge in [-0.15, -0.1) is 0 Å². The van der Waals surface area contributed by atoms with Crippen LogP contribution >= 0.6 is 22.6 Å². The van der Waals surface area contributed by atoms with Gasteiger partial charge < -0.3 is 9.84 Å². The molecule has 0 heterocycles. The van der Waals surface area contributed by atoms with Crippen molar-refractivity contribution < 1.29 is 14.6 Å². The molecule has 0 spiro atoms. The quantitative estimate of drug-likeness (QED) is 0.686. The lowest BCUT2D eigenvalue weighted by molar-refractivity contribution is 0.112. The highest BCUT2D eigenvalue weighted by Crippen LogP contribution is 2.31. The Labute approximate surface area is 89.9 Å². The Kier molecular flexibility index (Phi) is 3.53. The van der Waals surface area contributed by atoms with E-state index >= 15 is 0 Å².